The van der Waals surface area contributed by atoms with E-state index < -0.39 is 5.79 Å². The summed E-state index contributed by atoms with van der Waals surface area (Å²) in [6, 6.07) is 1.21. The smallest absolute Gasteiger partial charge is 0.171 e. The Hall–Kier alpha value is -0.450. The second-order valence-electron chi connectivity index (χ2n) is 5.90. The third kappa shape index (κ3) is 2.60. The summed E-state index contributed by atoms with van der Waals surface area (Å²) in [6.07, 6.45) is 4.87. The Kier molecular flexibility index (Phi) is 4.09. The van der Waals surface area contributed by atoms with Gasteiger partial charge in [0.2, 0.25) is 0 Å². The fraction of sp³-hybridized carbons (Fsp3) is 0.929. The molecule has 0 aromatic carbocycles. The zero-order chi connectivity index (χ0) is 13.3. The molecule has 2 aliphatic rings. The summed E-state index contributed by atoms with van der Waals surface area (Å²) in [6.45, 7) is 1.83. The lowest BCUT2D eigenvalue weighted by Gasteiger charge is -2.36. The number of hydrogen-bond acceptors (Lipinski definition) is 4. The molecule has 4 nitrogen and oxygen atoms in total. The number of hydrogen-bond donors (Lipinski definition) is 0. The van der Waals surface area contributed by atoms with Gasteiger partial charge in [0.1, 0.15) is 5.78 Å². The first-order chi connectivity index (χ1) is 8.49. The maximum atomic E-state index is 12.4. The summed E-state index contributed by atoms with van der Waals surface area (Å²) in [5.74, 6) is -0.269. The molecule has 104 valence electrons. The molecule has 4 heteroatoms. The highest BCUT2D eigenvalue weighted by Gasteiger charge is 2.42. The lowest BCUT2D eigenvalue weighted by atomic mass is 9.85. The molecule has 0 N–H and O–H groups in total. The van der Waals surface area contributed by atoms with Crippen molar-refractivity contribution in [2.24, 2.45) is 5.92 Å². The van der Waals surface area contributed by atoms with Crippen LogP contribution in [0.25, 0.3) is 0 Å². The van der Waals surface area contributed by atoms with Gasteiger partial charge >= 0.3 is 0 Å². The Morgan fingerprint density at radius 1 is 1.22 bits per heavy atom. The Morgan fingerprint density at radius 2 is 1.72 bits per heavy atom. The molecule has 0 saturated carbocycles. The molecule has 2 fully saturated rings. The second kappa shape index (κ2) is 5.27. The average Bonchev–Trinajstić information content (AvgIpc) is 2.59. The molecule has 18 heavy (non-hydrogen) atoms. The molecular formula is C14H25NO3. The Bertz CT molecular complexity index is 300. The van der Waals surface area contributed by atoms with E-state index in [-0.39, 0.29) is 5.92 Å². The van der Waals surface area contributed by atoms with Crippen LogP contribution in [0, 0.1) is 5.92 Å². The van der Waals surface area contributed by atoms with E-state index >= 15 is 0 Å². The minimum atomic E-state index is -0.764. The van der Waals surface area contributed by atoms with E-state index in [1.54, 1.807) is 14.2 Å². The van der Waals surface area contributed by atoms with Crippen LogP contribution in [0.3, 0.4) is 0 Å². The summed E-state index contributed by atoms with van der Waals surface area (Å²) in [7, 11) is 5.38. The summed E-state index contributed by atoms with van der Waals surface area (Å²) >= 11 is 0. The van der Waals surface area contributed by atoms with Crippen molar-refractivity contribution in [3.8, 4) is 0 Å². The van der Waals surface area contributed by atoms with Crippen LogP contribution in [0.5, 0.6) is 0 Å². The minimum Gasteiger partial charge on any atom is -0.353 e. The lowest BCUT2D eigenvalue weighted by Crippen LogP contribution is -2.43. The van der Waals surface area contributed by atoms with Crippen molar-refractivity contribution in [2.75, 3.05) is 21.3 Å². The molecule has 0 aromatic heterocycles. The van der Waals surface area contributed by atoms with Gasteiger partial charge in [-0.2, -0.15) is 0 Å². The summed E-state index contributed by atoms with van der Waals surface area (Å²) in [5.41, 5.74) is 0. The van der Waals surface area contributed by atoms with Crippen LogP contribution >= 0.6 is 0 Å². The van der Waals surface area contributed by atoms with Gasteiger partial charge in [-0.3, -0.25) is 4.79 Å². The number of methoxy groups -OCH3 is 2. The highest BCUT2D eigenvalue weighted by Crippen LogP contribution is 2.38. The molecule has 2 bridgehead atoms. The van der Waals surface area contributed by atoms with Gasteiger partial charge in [-0.15, -0.1) is 0 Å². The SMILES string of the molecule is COC(C)(CC(=O)C1CC2CCC(C1)N2C)OC. The third-order valence-corrected chi connectivity index (χ3v) is 4.91. The van der Waals surface area contributed by atoms with E-state index in [0.29, 0.717) is 24.3 Å². The number of carbonyl (C=O) groups is 1. The van der Waals surface area contributed by atoms with E-state index in [2.05, 4.69) is 11.9 Å². The van der Waals surface area contributed by atoms with E-state index in [9.17, 15) is 4.79 Å². The van der Waals surface area contributed by atoms with Gasteiger partial charge in [-0.05, 0) is 39.7 Å². The quantitative estimate of drug-likeness (QED) is 0.703. The largest absolute Gasteiger partial charge is 0.353 e. The molecule has 0 aromatic rings. The molecule has 2 atom stereocenters. The number of carbonyl (C=O) groups excluding carboxylic acids is 1. The monoisotopic (exact) mass is 255 g/mol. The molecule has 0 amide bonds. The van der Waals surface area contributed by atoms with Crippen LogP contribution in [0.1, 0.15) is 39.0 Å². The predicted octanol–water partition coefficient (Wildman–Crippen LogP) is 1.83. The number of ether oxygens (including phenoxy) is 2. The Morgan fingerprint density at radius 3 is 2.17 bits per heavy atom. The van der Waals surface area contributed by atoms with Crippen molar-refractivity contribution < 1.29 is 14.3 Å². The van der Waals surface area contributed by atoms with Crippen molar-refractivity contribution in [3.63, 3.8) is 0 Å². The van der Waals surface area contributed by atoms with Gasteiger partial charge in [0.15, 0.2) is 5.79 Å². The van der Waals surface area contributed by atoms with Crippen molar-refractivity contribution in [1.82, 2.24) is 4.90 Å². The molecule has 0 aliphatic carbocycles. The number of Topliss-reactive ketones (excluding diaryl/α,β-unsaturated/α-hetero) is 1. The third-order valence-electron chi connectivity index (χ3n) is 4.91. The van der Waals surface area contributed by atoms with Gasteiger partial charge in [0.25, 0.3) is 0 Å². The van der Waals surface area contributed by atoms with E-state index in [0.717, 1.165) is 12.8 Å². The second-order valence-corrected chi connectivity index (χ2v) is 5.90. The minimum absolute atomic E-state index is 0.198. The number of fused-ring (bicyclic) bond motifs is 2. The predicted molar refractivity (Wildman–Crippen MR) is 69.3 cm³/mol. The van der Waals surface area contributed by atoms with E-state index in [1.165, 1.54) is 12.8 Å². The van der Waals surface area contributed by atoms with Crippen molar-refractivity contribution in [1.29, 1.82) is 0 Å². The van der Waals surface area contributed by atoms with E-state index in [1.807, 2.05) is 6.92 Å². The highest BCUT2D eigenvalue weighted by molar-refractivity contribution is 5.82. The first-order valence-corrected chi connectivity index (χ1v) is 6.84. The topological polar surface area (TPSA) is 38.8 Å². The van der Waals surface area contributed by atoms with E-state index in [4.69, 9.17) is 9.47 Å². The molecule has 0 radical (unpaired) electrons. The molecular weight excluding hydrogens is 230 g/mol. The lowest BCUT2D eigenvalue weighted by molar-refractivity contribution is -0.199. The molecule has 0 spiro atoms. The number of piperidine rings is 1. The van der Waals surface area contributed by atoms with Gasteiger partial charge in [-0.25, -0.2) is 0 Å². The number of rotatable bonds is 5. The maximum absolute atomic E-state index is 12.4. The summed E-state index contributed by atoms with van der Waals surface area (Å²) in [4.78, 5) is 14.8. The fourth-order valence-electron chi connectivity index (χ4n) is 3.36. The maximum Gasteiger partial charge on any atom is 0.171 e. The summed E-state index contributed by atoms with van der Waals surface area (Å²) in [5, 5.41) is 0. The molecule has 2 unspecified atom stereocenters. The Labute approximate surface area is 110 Å². The van der Waals surface area contributed by atoms with Crippen molar-refractivity contribution in [2.45, 2.75) is 56.9 Å². The first-order valence-electron chi connectivity index (χ1n) is 6.84. The normalized spacial score (nSPS) is 32.8. The molecule has 2 aliphatic heterocycles. The van der Waals surface area contributed by atoms with Gasteiger partial charge < -0.3 is 14.4 Å². The number of nitrogens with zero attached hydrogens (tertiary/aromatic N) is 1. The van der Waals surface area contributed by atoms with Gasteiger partial charge in [-0.1, -0.05) is 0 Å². The summed E-state index contributed by atoms with van der Waals surface area (Å²) < 4.78 is 10.6. The first kappa shape index (κ1) is 14.0. The van der Waals surface area contributed by atoms with Gasteiger partial charge in [0, 0.05) is 32.2 Å². The van der Waals surface area contributed by atoms with Crippen LogP contribution in [0.4, 0.5) is 0 Å². The average molecular weight is 255 g/mol. The zero-order valence-electron chi connectivity index (χ0n) is 11.9. The fourth-order valence-corrected chi connectivity index (χ4v) is 3.36. The van der Waals surface area contributed by atoms with Crippen LogP contribution in [-0.4, -0.2) is 49.8 Å². The van der Waals surface area contributed by atoms with Crippen LogP contribution < -0.4 is 0 Å². The van der Waals surface area contributed by atoms with Crippen LogP contribution in [0.2, 0.25) is 0 Å². The molecule has 2 saturated heterocycles. The zero-order valence-corrected chi connectivity index (χ0v) is 11.9. The van der Waals surface area contributed by atoms with Gasteiger partial charge in [0.05, 0.1) is 6.42 Å². The van der Waals surface area contributed by atoms with Crippen LogP contribution in [0.15, 0.2) is 0 Å². The highest BCUT2D eigenvalue weighted by atomic mass is 16.7. The van der Waals surface area contributed by atoms with Crippen molar-refractivity contribution >= 4 is 5.78 Å². The number of ketones is 1. The van der Waals surface area contributed by atoms with Crippen LogP contribution in [-0.2, 0) is 14.3 Å². The Balaban J connectivity index is 1.95. The molecule has 2 heterocycles. The standard InChI is InChI=1S/C14H25NO3/c1-14(17-3,18-4)9-13(16)10-7-11-5-6-12(8-10)15(11)2/h10-12H,5-9H2,1-4H3. The molecule has 2 rings (SSSR count). The van der Waals surface area contributed by atoms with Crippen molar-refractivity contribution in [3.05, 3.63) is 0 Å².